The van der Waals surface area contributed by atoms with Gasteiger partial charge in [0, 0.05) is 0 Å². The minimum atomic E-state index is -2.65. The number of hydrogen-bond donors (Lipinski definition) is 0. The van der Waals surface area contributed by atoms with Crippen molar-refractivity contribution in [2.75, 3.05) is 70.5 Å². The molecule has 0 amide bonds. The molecule has 0 aliphatic rings. The predicted molar refractivity (Wildman–Crippen MR) is 86.9 cm³/mol. The summed E-state index contributed by atoms with van der Waals surface area (Å²) in [5.41, 5.74) is 0. The molecule has 116 valence electrons. The van der Waals surface area contributed by atoms with Crippen molar-refractivity contribution in [3.05, 3.63) is 0 Å². The van der Waals surface area contributed by atoms with Gasteiger partial charge in [0.25, 0.3) is 0 Å². The topological polar surface area (TPSA) is 25.4 Å². The van der Waals surface area contributed by atoms with Crippen LogP contribution < -0.4 is 0 Å². The minimum absolute atomic E-state index is 1.97. The molecule has 0 saturated carbocycles. The Bertz CT molecular complexity index is 259. The molecule has 0 radical (unpaired) electrons. The molecule has 0 aliphatic heterocycles. The van der Waals surface area contributed by atoms with Crippen LogP contribution in [-0.2, 0) is 4.12 Å². The van der Waals surface area contributed by atoms with Crippen molar-refractivity contribution >= 4 is 27.8 Å². The van der Waals surface area contributed by atoms with E-state index in [1.165, 1.54) is 0 Å². The fourth-order valence-corrected chi connectivity index (χ4v) is 11.4. The third-order valence-corrected chi connectivity index (χ3v) is 13.7. The molecule has 0 atom stereocenters. The van der Waals surface area contributed by atoms with E-state index in [0.29, 0.717) is 0 Å². The molecule has 0 heterocycles. The Hall–Kier alpha value is 0.484. The molecule has 0 aromatic carbocycles. The maximum absolute atomic E-state index is 6.85. The van der Waals surface area contributed by atoms with Crippen LogP contribution in [0.3, 0.4) is 0 Å². The van der Waals surface area contributed by atoms with Crippen LogP contribution in [0.25, 0.3) is 0 Å². The molecule has 0 bridgehead atoms. The Balaban J connectivity index is 5.66. The first-order chi connectivity index (χ1) is 8.42. The largest absolute Gasteiger partial charge is 0.454 e. The predicted octanol–water partition coefficient (Wildman–Crippen LogP) is -0.0790. The summed E-state index contributed by atoms with van der Waals surface area (Å²) in [7, 11) is 15.1. The van der Waals surface area contributed by atoms with E-state index in [1.54, 1.807) is 0 Å². The fourth-order valence-electron chi connectivity index (χ4n) is 2.23. The average Bonchev–Trinajstić information content (AvgIpc) is 2.23. The van der Waals surface area contributed by atoms with Crippen LogP contribution in [-0.4, -0.2) is 110 Å². The van der Waals surface area contributed by atoms with E-state index in [0.717, 1.165) is 0 Å². The fraction of sp³-hybridized carbons (Fsp3) is 1.00. The van der Waals surface area contributed by atoms with Crippen LogP contribution >= 0.6 is 11.1 Å². The highest BCUT2D eigenvalue weighted by molar-refractivity contribution is 7.15. The van der Waals surface area contributed by atoms with Gasteiger partial charge in [0.2, 0.25) is 0 Å². The van der Waals surface area contributed by atoms with Crippen molar-refractivity contribution in [3.63, 3.8) is 0 Å². The molecule has 0 saturated heterocycles. The van der Waals surface area contributed by atoms with Gasteiger partial charge in [-0.15, -0.1) is 0 Å². The summed E-state index contributed by atoms with van der Waals surface area (Å²) < 4.78 is 17.1. The third kappa shape index (κ3) is 3.77. The first kappa shape index (κ1) is 19.5. The highest BCUT2D eigenvalue weighted by atomic mass is 35.6. The van der Waals surface area contributed by atoms with Crippen molar-refractivity contribution in [1.29, 1.82) is 0 Å². The highest BCUT2D eigenvalue weighted by Gasteiger charge is 2.55. The lowest BCUT2D eigenvalue weighted by Crippen LogP contribution is -2.78. The van der Waals surface area contributed by atoms with Gasteiger partial charge < -0.3 is 4.12 Å². The summed E-state index contributed by atoms with van der Waals surface area (Å²) in [5.74, 6) is 0. The van der Waals surface area contributed by atoms with Crippen LogP contribution in [0, 0.1) is 0 Å². The van der Waals surface area contributed by atoms with Crippen molar-refractivity contribution in [3.8, 4) is 0 Å². The van der Waals surface area contributed by atoms with E-state index in [-0.39, 0.29) is 0 Å². The molecule has 0 aromatic rings. The molecule has 9 heteroatoms. The van der Waals surface area contributed by atoms with Gasteiger partial charge in [-0.3, -0.25) is 22.8 Å². The molecule has 0 aliphatic carbocycles. The summed E-state index contributed by atoms with van der Waals surface area (Å²) in [4.78, 5) is 0. The molecule has 0 spiro atoms. The standard InChI is InChI=1S/C10H30ClN5OSi2/c1-12(2)18(11,13(3)4)17-19(14(5)6,15(7)8)16(9)10/h1-10H3. The van der Waals surface area contributed by atoms with E-state index in [4.69, 9.17) is 15.2 Å². The Morgan fingerprint density at radius 3 is 1.00 bits per heavy atom. The Morgan fingerprint density at radius 1 is 0.579 bits per heavy atom. The normalized spacial score (nSPS) is 14.5. The quantitative estimate of drug-likeness (QED) is 0.479. The zero-order valence-corrected chi connectivity index (χ0v) is 16.8. The second-order valence-electron chi connectivity index (χ2n) is 5.68. The van der Waals surface area contributed by atoms with Gasteiger partial charge in [0.1, 0.15) is 0 Å². The number of rotatable bonds is 7. The van der Waals surface area contributed by atoms with Crippen LogP contribution in [0.4, 0.5) is 0 Å². The van der Waals surface area contributed by atoms with Crippen LogP contribution in [0.1, 0.15) is 0 Å². The molecule has 0 N–H and O–H groups in total. The van der Waals surface area contributed by atoms with Gasteiger partial charge in [-0.1, -0.05) is 11.1 Å². The smallest absolute Gasteiger partial charge is 0.385 e. The van der Waals surface area contributed by atoms with Gasteiger partial charge in [0.05, 0.1) is 0 Å². The minimum Gasteiger partial charge on any atom is -0.385 e. The van der Waals surface area contributed by atoms with Crippen LogP contribution in [0.15, 0.2) is 0 Å². The Morgan fingerprint density at radius 2 is 0.842 bits per heavy atom. The first-order valence-electron chi connectivity index (χ1n) is 6.19. The second kappa shape index (κ2) is 6.96. The number of nitrogens with zero attached hydrogens (tertiary/aromatic N) is 5. The van der Waals surface area contributed by atoms with Crippen LogP contribution in [0.5, 0.6) is 0 Å². The van der Waals surface area contributed by atoms with Crippen molar-refractivity contribution in [2.24, 2.45) is 0 Å². The summed E-state index contributed by atoms with van der Waals surface area (Å²) in [5, 5.41) is 0. The van der Waals surface area contributed by atoms with E-state index in [2.05, 4.69) is 13.7 Å². The van der Waals surface area contributed by atoms with Crippen molar-refractivity contribution in [1.82, 2.24) is 22.8 Å². The number of hydrogen-bond acceptors (Lipinski definition) is 6. The summed E-state index contributed by atoms with van der Waals surface area (Å²) >= 11 is 6.85. The lowest BCUT2D eigenvalue weighted by Gasteiger charge is -2.50. The van der Waals surface area contributed by atoms with Crippen molar-refractivity contribution < 1.29 is 4.12 Å². The Labute approximate surface area is 125 Å². The summed E-state index contributed by atoms with van der Waals surface area (Å²) in [6.07, 6.45) is 0. The highest BCUT2D eigenvalue weighted by Crippen LogP contribution is 2.25. The summed E-state index contributed by atoms with van der Waals surface area (Å²) in [6, 6.07) is 0. The molecular formula is C10H30ClN5OSi2. The lowest BCUT2D eigenvalue weighted by atomic mass is 11.2. The van der Waals surface area contributed by atoms with Crippen molar-refractivity contribution in [2.45, 2.75) is 0 Å². The molecule has 0 rings (SSSR count). The maximum Gasteiger partial charge on any atom is 0.454 e. The van der Waals surface area contributed by atoms with Gasteiger partial charge in [-0.2, -0.15) is 0 Å². The number of halogens is 1. The molecule has 0 aromatic heterocycles. The average molecular weight is 328 g/mol. The lowest BCUT2D eigenvalue weighted by molar-refractivity contribution is 0.222. The van der Waals surface area contributed by atoms with E-state index in [1.807, 2.05) is 79.6 Å². The Kier molecular flexibility index (Phi) is 7.14. The molecule has 19 heavy (non-hydrogen) atoms. The second-order valence-corrected chi connectivity index (χ2v) is 14.6. The van der Waals surface area contributed by atoms with Gasteiger partial charge in [-0.25, -0.2) is 0 Å². The molecule has 6 nitrogen and oxygen atoms in total. The van der Waals surface area contributed by atoms with Gasteiger partial charge >= 0.3 is 16.8 Å². The van der Waals surface area contributed by atoms with Gasteiger partial charge in [0.15, 0.2) is 0 Å². The molecule has 0 unspecified atom stereocenters. The molecule has 0 fully saturated rings. The van der Waals surface area contributed by atoms with E-state index < -0.39 is 16.8 Å². The zero-order valence-electron chi connectivity index (χ0n) is 14.0. The van der Waals surface area contributed by atoms with E-state index in [9.17, 15) is 0 Å². The first-order valence-corrected chi connectivity index (χ1v) is 10.8. The van der Waals surface area contributed by atoms with E-state index >= 15 is 0 Å². The third-order valence-electron chi connectivity index (χ3n) is 3.12. The van der Waals surface area contributed by atoms with Gasteiger partial charge in [-0.05, 0) is 70.5 Å². The van der Waals surface area contributed by atoms with Crippen LogP contribution in [0.2, 0.25) is 0 Å². The molecular weight excluding hydrogens is 298 g/mol. The summed E-state index contributed by atoms with van der Waals surface area (Å²) in [6.45, 7) is 0. The zero-order chi connectivity index (χ0) is 15.6. The monoisotopic (exact) mass is 327 g/mol. The SMILES string of the molecule is CN(C)[Si](Cl)(O[Si](N(C)C)(N(C)C)N(C)C)N(C)C. The maximum atomic E-state index is 6.85.